The molecule has 2 N–H and O–H groups in total. The predicted molar refractivity (Wildman–Crippen MR) is 97.8 cm³/mol. The lowest BCUT2D eigenvalue weighted by atomic mass is 10.1. The third kappa shape index (κ3) is 3.36. The molecular weight excluding hydrogens is 340 g/mol. The number of hydrogen-bond donors (Lipinski definition) is 2. The van der Waals surface area contributed by atoms with E-state index < -0.39 is 10.0 Å². The van der Waals surface area contributed by atoms with Crippen LogP contribution in [0.15, 0.2) is 52.2 Å². The summed E-state index contributed by atoms with van der Waals surface area (Å²) in [4.78, 5) is 14.6. The van der Waals surface area contributed by atoms with Crippen LogP contribution in [0, 0.1) is 13.8 Å². The molecule has 7 heteroatoms. The molecule has 3 aromatic rings. The molecular formula is C18H18N2O4S. The number of ether oxygens (including phenoxy) is 1. The zero-order valence-electron chi connectivity index (χ0n) is 14.1. The van der Waals surface area contributed by atoms with Gasteiger partial charge in [-0.25, -0.2) is 8.42 Å². The van der Waals surface area contributed by atoms with Gasteiger partial charge in [0.2, 0.25) is 0 Å². The van der Waals surface area contributed by atoms with Crippen LogP contribution < -0.4 is 15.0 Å². The summed E-state index contributed by atoms with van der Waals surface area (Å²) in [5.41, 5.74) is 2.13. The summed E-state index contributed by atoms with van der Waals surface area (Å²) in [6.07, 6.45) is 0. The fourth-order valence-electron chi connectivity index (χ4n) is 2.58. The standard InChI is InChI=1S/C18H18N2O4S/c1-11-4-7-16(24-3)17(8-11)25(22,23)20-14-6-5-13-9-12(2)18(21)19-15(13)10-14/h4-10,20H,1-3H3,(H,19,21). The van der Waals surface area contributed by atoms with Gasteiger partial charge in [-0.05, 0) is 55.1 Å². The molecule has 0 amide bonds. The van der Waals surface area contributed by atoms with E-state index in [-0.39, 0.29) is 16.2 Å². The van der Waals surface area contributed by atoms with Crippen molar-refractivity contribution in [3.05, 3.63) is 63.9 Å². The van der Waals surface area contributed by atoms with E-state index in [0.717, 1.165) is 10.9 Å². The molecule has 0 aliphatic heterocycles. The molecule has 6 nitrogen and oxygen atoms in total. The van der Waals surface area contributed by atoms with Crippen molar-refractivity contribution in [1.82, 2.24) is 4.98 Å². The number of aromatic amines is 1. The molecule has 0 unspecified atom stereocenters. The highest BCUT2D eigenvalue weighted by Crippen LogP contribution is 2.27. The number of rotatable bonds is 4. The highest BCUT2D eigenvalue weighted by atomic mass is 32.2. The highest BCUT2D eigenvalue weighted by molar-refractivity contribution is 7.92. The van der Waals surface area contributed by atoms with Gasteiger partial charge in [0.25, 0.3) is 15.6 Å². The molecule has 1 aromatic heterocycles. The lowest BCUT2D eigenvalue weighted by molar-refractivity contribution is 0.402. The molecule has 0 aliphatic carbocycles. The average Bonchev–Trinajstić information content (AvgIpc) is 2.56. The van der Waals surface area contributed by atoms with Crippen LogP contribution in [0.2, 0.25) is 0 Å². The lowest BCUT2D eigenvalue weighted by Gasteiger charge is -2.13. The van der Waals surface area contributed by atoms with Crippen LogP contribution in [-0.4, -0.2) is 20.5 Å². The third-order valence-corrected chi connectivity index (χ3v) is 5.30. The monoisotopic (exact) mass is 358 g/mol. The first-order valence-electron chi connectivity index (χ1n) is 7.61. The molecule has 0 saturated carbocycles. The van der Waals surface area contributed by atoms with Crippen molar-refractivity contribution in [2.75, 3.05) is 11.8 Å². The molecule has 1 heterocycles. The van der Waals surface area contributed by atoms with Crippen molar-refractivity contribution < 1.29 is 13.2 Å². The van der Waals surface area contributed by atoms with Gasteiger partial charge in [-0.15, -0.1) is 0 Å². The van der Waals surface area contributed by atoms with Crippen LogP contribution in [0.25, 0.3) is 10.9 Å². The predicted octanol–water partition coefficient (Wildman–Crippen LogP) is 2.95. The summed E-state index contributed by atoms with van der Waals surface area (Å²) in [5, 5.41) is 0.827. The zero-order valence-corrected chi connectivity index (χ0v) is 14.9. The molecule has 25 heavy (non-hydrogen) atoms. The van der Waals surface area contributed by atoms with Gasteiger partial charge >= 0.3 is 0 Å². The molecule has 0 radical (unpaired) electrons. The van der Waals surface area contributed by atoms with Gasteiger partial charge in [0.15, 0.2) is 0 Å². The number of hydrogen-bond acceptors (Lipinski definition) is 4. The van der Waals surface area contributed by atoms with Crippen molar-refractivity contribution in [3.8, 4) is 5.75 Å². The smallest absolute Gasteiger partial charge is 0.265 e. The van der Waals surface area contributed by atoms with E-state index in [2.05, 4.69) is 9.71 Å². The number of fused-ring (bicyclic) bond motifs is 1. The van der Waals surface area contributed by atoms with Crippen LogP contribution in [0.3, 0.4) is 0 Å². The number of sulfonamides is 1. The van der Waals surface area contributed by atoms with Crippen molar-refractivity contribution in [1.29, 1.82) is 0 Å². The average molecular weight is 358 g/mol. The van der Waals surface area contributed by atoms with Gasteiger partial charge in [-0.3, -0.25) is 9.52 Å². The number of H-pyrrole nitrogens is 1. The molecule has 3 rings (SSSR count). The Labute approximate surface area is 145 Å². The molecule has 0 atom stereocenters. The Morgan fingerprint density at radius 1 is 1.04 bits per heavy atom. The first-order chi connectivity index (χ1) is 11.8. The summed E-state index contributed by atoms with van der Waals surface area (Å²) >= 11 is 0. The second kappa shape index (κ2) is 6.25. The Bertz CT molecular complexity index is 1120. The minimum atomic E-state index is -3.83. The van der Waals surface area contributed by atoms with E-state index in [1.807, 2.05) is 6.92 Å². The van der Waals surface area contributed by atoms with E-state index in [1.54, 1.807) is 49.4 Å². The van der Waals surface area contributed by atoms with E-state index in [9.17, 15) is 13.2 Å². The van der Waals surface area contributed by atoms with Crippen LogP contribution in [0.4, 0.5) is 5.69 Å². The summed E-state index contributed by atoms with van der Waals surface area (Å²) in [7, 11) is -2.41. The van der Waals surface area contributed by atoms with Crippen LogP contribution in [-0.2, 0) is 10.0 Å². The van der Waals surface area contributed by atoms with Crippen molar-refractivity contribution >= 4 is 26.6 Å². The van der Waals surface area contributed by atoms with Gasteiger partial charge < -0.3 is 9.72 Å². The highest BCUT2D eigenvalue weighted by Gasteiger charge is 2.20. The number of aryl methyl sites for hydroxylation is 2. The van der Waals surface area contributed by atoms with Gasteiger partial charge in [0.05, 0.1) is 18.3 Å². The molecule has 130 valence electrons. The SMILES string of the molecule is COc1ccc(C)cc1S(=O)(=O)Nc1ccc2cc(C)c(=O)[nH]c2c1. The van der Waals surface area contributed by atoms with E-state index >= 15 is 0 Å². The maximum Gasteiger partial charge on any atom is 0.265 e. The van der Waals surface area contributed by atoms with E-state index in [0.29, 0.717) is 16.8 Å². The Hall–Kier alpha value is -2.80. The van der Waals surface area contributed by atoms with E-state index in [1.165, 1.54) is 7.11 Å². The minimum absolute atomic E-state index is 0.0625. The van der Waals surface area contributed by atoms with Gasteiger partial charge in [-0.2, -0.15) is 0 Å². The largest absolute Gasteiger partial charge is 0.495 e. The number of aromatic nitrogens is 1. The van der Waals surface area contributed by atoms with Crippen LogP contribution >= 0.6 is 0 Å². The molecule has 0 fully saturated rings. The normalized spacial score (nSPS) is 11.5. The topological polar surface area (TPSA) is 88.3 Å². The van der Waals surface area contributed by atoms with Gasteiger partial charge in [0.1, 0.15) is 10.6 Å². The Balaban J connectivity index is 2.04. The molecule has 2 aromatic carbocycles. The molecule has 0 spiro atoms. The van der Waals surface area contributed by atoms with Crippen molar-refractivity contribution in [2.24, 2.45) is 0 Å². The molecule has 0 saturated heterocycles. The number of anilines is 1. The number of nitrogens with one attached hydrogen (secondary N) is 2. The number of pyridine rings is 1. The summed E-state index contributed by atoms with van der Waals surface area (Å²) in [5.74, 6) is 0.267. The summed E-state index contributed by atoms with van der Waals surface area (Å²) < 4.78 is 33.1. The first-order valence-corrected chi connectivity index (χ1v) is 9.09. The molecule has 0 bridgehead atoms. The Morgan fingerprint density at radius 3 is 2.52 bits per heavy atom. The van der Waals surface area contributed by atoms with E-state index in [4.69, 9.17) is 4.74 Å². The van der Waals surface area contributed by atoms with Crippen LogP contribution in [0.1, 0.15) is 11.1 Å². The fraction of sp³-hybridized carbons (Fsp3) is 0.167. The fourth-order valence-corrected chi connectivity index (χ4v) is 3.88. The number of methoxy groups -OCH3 is 1. The second-order valence-electron chi connectivity index (χ2n) is 5.84. The van der Waals surface area contributed by atoms with Crippen molar-refractivity contribution in [2.45, 2.75) is 18.7 Å². The molecule has 0 aliphatic rings. The van der Waals surface area contributed by atoms with Gasteiger partial charge in [0, 0.05) is 5.56 Å². The third-order valence-electron chi connectivity index (χ3n) is 3.89. The lowest BCUT2D eigenvalue weighted by Crippen LogP contribution is -2.14. The Kier molecular flexibility index (Phi) is 4.26. The minimum Gasteiger partial charge on any atom is -0.495 e. The summed E-state index contributed by atoms with van der Waals surface area (Å²) in [6.45, 7) is 3.53. The second-order valence-corrected chi connectivity index (χ2v) is 7.49. The first kappa shape index (κ1) is 17.0. The van der Waals surface area contributed by atoms with Crippen molar-refractivity contribution in [3.63, 3.8) is 0 Å². The maximum atomic E-state index is 12.7. The zero-order chi connectivity index (χ0) is 18.2. The number of benzene rings is 2. The summed E-state index contributed by atoms with van der Waals surface area (Å²) in [6, 6.07) is 11.7. The van der Waals surface area contributed by atoms with Gasteiger partial charge in [-0.1, -0.05) is 12.1 Å². The quantitative estimate of drug-likeness (QED) is 0.750. The van der Waals surface area contributed by atoms with Crippen LogP contribution in [0.5, 0.6) is 5.75 Å². The Morgan fingerprint density at radius 2 is 1.80 bits per heavy atom. The maximum absolute atomic E-state index is 12.7.